The zero-order valence-corrected chi connectivity index (χ0v) is 11.5. The molecular formula is C16H20N4. The summed E-state index contributed by atoms with van der Waals surface area (Å²) in [6.45, 7) is 0. The van der Waals surface area contributed by atoms with Crippen molar-refractivity contribution in [3.8, 4) is 0 Å². The van der Waals surface area contributed by atoms with Crippen LogP contribution in [0.2, 0.25) is 0 Å². The van der Waals surface area contributed by atoms with Crippen molar-refractivity contribution in [3.63, 3.8) is 0 Å². The number of rotatable bonds is 4. The van der Waals surface area contributed by atoms with Gasteiger partial charge in [0, 0.05) is 12.4 Å². The minimum atomic E-state index is 0.0554. The Labute approximate surface area is 119 Å². The summed E-state index contributed by atoms with van der Waals surface area (Å²) >= 11 is 0. The van der Waals surface area contributed by atoms with Gasteiger partial charge in [0.1, 0.15) is 0 Å². The fourth-order valence-corrected chi connectivity index (χ4v) is 3.15. The number of hydrogen-bond donors (Lipinski definition) is 2. The van der Waals surface area contributed by atoms with E-state index in [1.165, 1.54) is 30.4 Å². The van der Waals surface area contributed by atoms with E-state index < -0.39 is 0 Å². The molecule has 1 aliphatic rings. The SMILES string of the molecule is NNC(CC1CCCc2ccccc21)c1cnccn1. The molecule has 1 heterocycles. The summed E-state index contributed by atoms with van der Waals surface area (Å²) < 4.78 is 0. The molecule has 2 unspecified atom stereocenters. The minimum Gasteiger partial charge on any atom is -0.271 e. The smallest absolute Gasteiger partial charge is 0.0769 e. The summed E-state index contributed by atoms with van der Waals surface area (Å²) in [7, 11) is 0. The first-order chi connectivity index (χ1) is 9.88. The van der Waals surface area contributed by atoms with Crippen LogP contribution in [0.5, 0.6) is 0 Å². The van der Waals surface area contributed by atoms with Crippen LogP contribution in [0.3, 0.4) is 0 Å². The largest absolute Gasteiger partial charge is 0.271 e. The van der Waals surface area contributed by atoms with Crippen molar-refractivity contribution in [2.24, 2.45) is 5.84 Å². The fraction of sp³-hybridized carbons (Fsp3) is 0.375. The van der Waals surface area contributed by atoms with Gasteiger partial charge in [0.05, 0.1) is 17.9 Å². The lowest BCUT2D eigenvalue weighted by molar-refractivity contribution is 0.418. The minimum absolute atomic E-state index is 0.0554. The molecule has 0 radical (unpaired) electrons. The van der Waals surface area contributed by atoms with Gasteiger partial charge in [-0.1, -0.05) is 24.3 Å². The molecule has 3 N–H and O–H groups in total. The van der Waals surface area contributed by atoms with Crippen molar-refractivity contribution < 1.29 is 0 Å². The maximum Gasteiger partial charge on any atom is 0.0769 e. The van der Waals surface area contributed by atoms with Gasteiger partial charge < -0.3 is 0 Å². The van der Waals surface area contributed by atoms with Crippen molar-refractivity contribution in [3.05, 3.63) is 59.7 Å². The van der Waals surface area contributed by atoms with Crippen LogP contribution >= 0.6 is 0 Å². The number of benzene rings is 1. The summed E-state index contributed by atoms with van der Waals surface area (Å²) in [5, 5.41) is 0. The van der Waals surface area contributed by atoms with Gasteiger partial charge in [-0.2, -0.15) is 0 Å². The summed E-state index contributed by atoms with van der Waals surface area (Å²) in [5.41, 5.74) is 6.77. The van der Waals surface area contributed by atoms with E-state index in [9.17, 15) is 0 Å². The van der Waals surface area contributed by atoms with E-state index in [-0.39, 0.29) is 6.04 Å². The third-order valence-corrected chi connectivity index (χ3v) is 4.16. The first kappa shape index (κ1) is 13.2. The Morgan fingerprint density at radius 3 is 3.00 bits per heavy atom. The highest BCUT2D eigenvalue weighted by atomic mass is 15.2. The van der Waals surface area contributed by atoms with Crippen LogP contribution in [0.25, 0.3) is 0 Å². The number of nitrogens with two attached hydrogens (primary N) is 1. The highest BCUT2D eigenvalue weighted by molar-refractivity contribution is 5.32. The van der Waals surface area contributed by atoms with Gasteiger partial charge in [0.2, 0.25) is 0 Å². The normalized spacial score (nSPS) is 19.4. The Kier molecular flexibility index (Phi) is 4.04. The molecule has 2 aromatic rings. The zero-order chi connectivity index (χ0) is 13.8. The molecule has 0 spiro atoms. The fourth-order valence-electron chi connectivity index (χ4n) is 3.15. The lowest BCUT2D eigenvalue weighted by atomic mass is 9.79. The highest BCUT2D eigenvalue weighted by Gasteiger charge is 2.24. The van der Waals surface area contributed by atoms with Crippen molar-refractivity contribution in [2.75, 3.05) is 0 Å². The summed E-state index contributed by atoms with van der Waals surface area (Å²) in [6, 6.07) is 8.81. The molecule has 0 aliphatic heterocycles. The lowest BCUT2D eigenvalue weighted by Crippen LogP contribution is -2.30. The summed E-state index contributed by atoms with van der Waals surface area (Å²) in [4.78, 5) is 8.50. The zero-order valence-electron chi connectivity index (χ0n) is 11.5. The Hall–Kier alpha value is -1.78. The molecule has 0 saturated heterocycles. The van der Waals surface area contributed by atoms with Crippen molar-refractivity contribution in [1.29, 1.82) is 0 Å². The molecule has 0 amide bonds. The molecule has 1 aromatic carbocycles. The third-order valence-electron chi connectivity index (χ3n) is 4.16. The van der Waals surface area contributed by atoms with Gasteiger partial charge in [0.15, 0.2) is 0 Å². The monoisotopic (exact) mass is 268 g/mol. The van der Waals surface area contributed by atoms with Gasteiger partial charge in [-0.25, -0.2) is 0 Å². The Balaban J connectivity index is 1.81. The molecule has 2 atom stereocenters. The molecule has 3 rings (SSSR count). The molecule has 4 nitrogen and oxygen atoms in total. The number of nitrogens with one attached hydrogen (secondary N) is 1. The van der Waals surface area contributed by atoms with Gasteiger partial charge in [-0.05, 0) is 42.7 Å². The predicted molar refractivity (Wildman–Crippen MR) is 78.8 cm³/mol. The van der Waals surface area contributed by atoms with Crippen LogP contribution in [0.1, 0.15) is 48.0 Å². The molecule has 104 valence electrons. The van der Waals surface area contributed by atoms with Crippen LogP contribution < -0.4 is 11.3 Å². The Morgan fingerprint density at radius 1 is 1.30 bits per heavy atom. The average molecular weight is 268 g/mol. The number of hydrazine groups is 1. The quantitative estimate of drug-likeness (QED) is 0.660. The maximum atomic E-state index is 5.72. The molecule has 1 aromatic heterocycles. The molecule has 0 bridgehead atoms. The average Bonchev–Trinajstić information content (AvgIpc) is 2.53. The van der Waals surface area contributed by atoms with E-state index in [1.54, 1.807) is 18.6 Å². The standard InChI is InChI=1S/C16H20N4/c17-20-15(16-11-18-8-9-19-16)10-13-6-3-5-12-4-1-2-7-14(12)13/h1-2,4,7-9,11,13,15,20H,3,5-6,10,17H2. The second kappa shape index (κ2) is 6.11. The van der Waals surface area contributed by atoms with E-state index in [1.807, 2.05) is 0 Å². The van der Waals surface area contributed by atoms with Gasteiger partial charge in [-0.3, -0.25) is 21.2 Å². The molecule has 20 heavy (non-hydrogen) atoms. The lowest BCUT2D eigenvalue weighted by Gasteiger charge is -2.28. The van der Waals surface area contributed by atoms with E-state index in [0.717, 1.165) is 12.1 Å². The number of aryl methyl sites for hydroxylation is 1. The molecule has 1 aliphatic carbocycles. The van der Waals surface area contributed by atoms with Crippen molar-refractivity contribution in [1.82, 2.24) is 15.4 Å². The van der Waals surface area contributed by atoms with Crippen LogP contribution in [0, 0.1) is 0 Å². The molecular weight excluding hydrogens is 248 g/mol. The van der Waals surface area contributed by atoms with Crippen molar-refractivity contribution >= 4 is 0 Å². The van der Waals surface area contributed by atoms with Crippen LogP contribution in [-0.4, -0.2) is 9.97 Å². The third kappa shape index (κ3) is 2.71. The topological polar surface area (TPSA) is 63.8 Å². The Morgan fingerprint density at radius 2 is 2.20 bits per heavy atom. The van der Waals surface area contributed by atoms with Crippen molar-refractivity contribution in [2.45, 2.75) is 37.6 Å². The van der Waals surface area contributed by atoms with E-state index in [4.69, 9.17) is 5.84 Å². The summed E-state index contributed by atoms with van der Waals surface area (Å²) in [5.74, 6) is 6.27. The maximum absolute atomic E-state index is 5.72. The Bertz CT molecular complexity index is 555. The number of hydrogen-bond acceptors (Lipinski definition) is 4. The molecule has 0 fully saturated rings. The number of nitrogens with zero attached hydrogens (tertiary/aromatic N) is 2. The second-order valence-corrected chi connectivity index (χ2v) is 5.37. The van der Waals surface area contributed by atoms with E-state index in [2.05, 4.69) is 39.7 Å². The first-order valence-electron chi connectivity index (χ1n) is 7.18. The van der Waals surface area contributed by atoms with Gasteiger partial charge >= 0.3 is 0 Å². The second-order valence-electron chi connectivity index (χ2n) is 5.37. The number of fused-ring (bicyclic) bond motifs is 1. The van der Waals surface area contributed by atoms with Crippen LogP contribution in [0.15, 0.2) is 42.9 Å². The molecule has 4 heteroatoms. The van der Waals surface area contributed by atoms with E-state index >= 15 is 0 Å². The highest BCUT2D eigenvalue weighted by Crippen LogP contribution is 2.36. The van der Waals surface area contributed by atoms with Crippen LogP contribution in [0.4, 0.5) is 0 Å². The molecule has 0 saturated carbocycles. The van der Waals surface area contributed by atoms with E-state index in [0.29, 0.717) is 5.92 Å². The first-order valence-corrected chi connectivity index (χ1v) is 7.18. The van der Waals surface area contributed by atoms with Gasteiger partial charge in [0.25, 0.3) is 0 Å². The van der Waals surface area contributed by atoms with Gasteiger partial charge in [-0.15, -0.1) is 0 Å². The van der Waals surface area contributed by atoms with Crippen LogP contribution in [-0.2, 0) is 6.42 Å². The number of aromatic nitrogens is 2. The predicted octanol–water partition coefficient (Wildman–Crippen LogP) is 2.49. The summed E-state index contributed by atoms with van der Waals surface area (Å²) in [6.07, 6.45) is 9.82.